The normalized spacial score (nSPS) is 10.3. The number of nitrogens with zero attached hydrogens (tertiary/aromatic N) is 1. The van der Waals surface area contributed by atoms with Gasteiger partial charge in [-0.3, -0.25) is 5.10 Å². The smallest absolute Gasteiger partial charge is 0.319 e. The molecule has 2 aromatic carbocycles. The maximum absolute atomic E-state index is 11.9. The Morgan fingerprint density at radius 2 is 1.83 bits per heavy atom. The molecular formula is C18H18N4O. The van der Waals surface area contributed by atoms with Crippen molar-refractivity contribution in [3.63, 3.8) is 0 Å². The van der Waals surface area contributed by atoms with Crippen LogP contribution in [0.25, 0.3) is 11.1 Å². The van der Waals surface area contributed by atoms with Gasteiger partial charge in [0, 0.05) is 23.5 Å². The first-order chi connectivity index (χ1) is 11.2. The number of benzene rings is 2. The van der Waals surface area contributed by atoms with E-state index in [1.807, 2.05) is 61.5 Å². The van der Waals surface area contributed by atoms with Crippen LogP contribution in [0.2, 0.25) is 0 Å². The van der Waals surface area contributed by atoms with E-state index >= 15 is 0 Å². The number of aromatic nitrogens is 2. The Kier molecular flexibility index (Phi) is 4.38. The van der Waals surface area contributed by atoms with Crippen LogP contribution in [-0.4, -0.2) is 16.2 Å². The zero-order valence-electron chi connectivity index (χ0n) is 12.8. The van der Waals surface area contributed by atoms with Gasteiger partial charge < -0.3 is 10.6 Å². The molecule has 0 spiro atoms. The maximum Gasteiger partial charge on any atom is 0.319 e. The van der Waals surface area contributed by atoms with Crippen molar-refractivity contribution in [1.29, 1.82) is 0 Å². The summed E-state index contributed by atoms with van der Waals surface area (Å²) in [6, 6.07) is 17.3. The molecule has 1 aromatic heterocycles. The summed E-state index contributed by atoms with van der Waals surface area (Å²) >= 11 is 0. The highest BCUT2D eigenvalue weighted by atomic mass is 16.2. The molecule has 3 aromatic rings. The number of anilines is 1. The summed E-state index contributed by atoms with van der Waals surface area (Å²) in [7, 11) is 0. The number of aromatic amines is 1. The fourth-order valence-corrected chi connectivity index (χ4v) is 2.33. The van der Waals surface area contributed by atoms with Gasteiger partial charge in [0.15, 0.2) is 0 Å². The quantitative estimate of drug-likeness (QED) is 0.687. The Balaban J connectivity index is 1.58. The molecule has 0 unspecified atom stereocenters. The van der Waals surface area contributed by atoms with Crippen LogP contribution in [0.15, 0.2) is 60.8 Å². The van der Waals surface area contributed by atoms with Crippen molar-refractivity contribution < 1.29 is 4.79 Å². The molecule has 0 aliphatic carbocycles. The number of hydrogen-bond acceptors (Lipinski definition) is 2. The van der Waals surface area contributed by atoms with Gasteiger partial charge in [-0.25, -0.2) is 4.79 Å². The SMILES string of the molecule is Cc1[nH]ncc1-c1ccc(NC(=O)NCc2ccccc2)cc1. The molecule has 3 N–H and O–H groups in total. The van der Waals surface area contributed by atoms with Crippen LogP contribution in [0.3, 0.4) is 0 Å². The monoisotopic (exact) mass is 306 g/mol. The fraction of sp³-hybridized carbons (Fsp3) is 0.111. The fourth-order valence-electron chi connectivity index (χ4n) is 2.33. The number of urea groups is 1. The minimum absolute atomic E-state index is 0.221. The summed E-state index contributed by atoms with van der Waals surface area (Å²) < 4.78 is 0. The van der Waals surface area contributed by atoms with E-state index in [9.17, 15) is 4.79 Å². The summed E-state index contributed by atoms with van der Waals surface area (Å²) in [6.45, 7) is 2.48. The maximum atomic E-state index is 11.9. The molecule has 23 heavy (non-hydrogen) atoms. The Morgan fingerprint density at radius 3 is 2.48 bits per heavy atom. The van der Waals surface area contributed by atoms with Gasteiger partial charge in [0.05, 0.1) is 6.20 Å². The van der Waals surface area contributed by atoms with E-state index in [2.05, 4.69) is 20.8 Å². The lowest BCUT2D eigenvalue weighted by atomic mass is 10.1. The number of amides is 2. The number of carbonyl (C=O) groups is 1. The Bertz CT molecular complexity index is 778. The van der Waals surface area contributed by atoms with Crippen LogP contribution in [0, 0.1) is 6.92 Å². The predicted molar refractivity (Wildman–Crippen MR) is 91.1 cm³/mol. The van der Waals surface area contributed by atoms with Gasteiger partial charge >= 0.3 is 6.03 Å². The molecule has 0 saturated carbocycles. The van der Waals surface area contributed by atoms with E-state index in [0.717, 1.165) is 28.1 Å². The van der Waals surface area contributed by atoms with Crippen LogP contribution in [0.5, 0.6) is 0 Å². The molecule has 0 fully saturated rings. The molecular weight excluding hydrogens is 288 g/mol. The van der Waals surface area contributed by atoms with Crippen LogP contribution in [0.1, 0.15) is 11.3 Å². The van der Waals surface area contributed by atoms with E-state index in [1.165, 1.54) is 0 Å². The highest BCUT2D eigenvalue weighted by Gasteiger charge is 2.05. The molecule has 0 radical (unpaired) electrons. The van der Waals surface area contributed by atoms with Crippen molar-refractivity contribution in [3.05, 3.63) is 72.1 Å². The molecule has 0 aliphatic heterocycles. The summed E-state index contributed by atoms with van der Waals surface area (Å²) in [5, 5.41) is 12.6. The van der Waals surface area contributed by atoms with Crippen molar-refractivity contribution in [2.24, 2.45) is 0 Å². The third kappa shape index (κ3) is 3.77. The van der Waals surface area contributed by atoms with Gasteiger partial charge in [-0.1, -0.05) is 42.5 Å². The van der Waals surface area contributed by atoms with Gasteiger partial charge in [0.2, 0.25) is 0 Å². The second-order valence-electron chi connectivity index (χ2n) is 5.28. The molecule has 1 heterocycles. The third-order valence-electron chi connectivity index (χ3n) is 3.58. The van der Waals surface area contributed by atoms with Gasteiger partial charge in [-0.15, -0.1) is 0 Å². The zero-order valence-corrected chi connectivity index (χ0v) is 12.8. The third-order valence-corrected chi connectivity index (χ3v) is 3.58. The highest BCUT2D eigenvalue weighted by Crippen LogP contribution is 2.22. The topological polar surface area (TPSA) is 69.8 Å². The summed E-state index contributed by atoms with van der Waals surface area (Å²) in [5.41, 5.74) is 4.96. The van der Waals surface area contributed by atoms with Crippen molar-refractivity contribution in [3.8, 4) is 11.1 Å². The molecule has 0 atom stereocenters. The molecule has 2 amide bonds. The number of H-pyrrole nitrogens is 1. The van der Waals surface area contributed by atoms with Crippen LogP contribution >= 0.6 is 0 Å². The molecule has 5 heteroatoms. The average Bonchev–Trinajstić information content (AvgIpc) is 3.01. The van der Waals surface area contributed by atoms with Gasteiger partial charge in [-0.05, 0) is 30.2 Å². The molecule has 3 rings (SSSR count). The summed E-state index contributed by atoms with van der Waals surface area (Å²) in [5.74, 6) is 0. The lowest BCUT2D eigenvalue weighted by molar-refractivity contribution is 0.251. The van der Waals surface area contributed by atoms with Crippen LogP contribution in [-0.2, 0) is 6.54 Å². The first-order valence-corrected chi connectivity index (χ1v) is 7.41. The van der Waals surface area contributed by atoms with Gasteiger partial charge in [0.25, 0.3) is 0 Å². The first kappa shape index (κ1) is 14.8. The number of hydrogen-bond donors (Lipinski definition) is 3. The second kappa shape index (κ2) is 6.79. The standard InChI is InChI=1S/C18H18N4O/c1-13-17(12-20-22-13)15-7-9-16(10-8-15)21-18(23)19-11-14-5-3-2-4-6-14/h2-10,12H,11H2,1H3,(H,20,22)(H2,19,21,23). The molecule has 5 nitrogen and oxygen atoms in total. The minimum atomic E-state index is -0.221. The van der Waals surface area contributed by atoms with Gasteiger partial charge in [-0.2, -0.15) is 5.10 Å². The molecule has 0 bridgehead atoms. The summed E-state index contributed by atoms with van der Waals surface area (Å²) in [4.78, 5) is 11.9. The first-order valence-electron chi connectivity index (χ1n) is 7.41. The molecule has 0 aliphatic rings. The minimum Gasteiger partial charge on any atom is -0.334 e. The van der Waals surface area contributed by atoms with E-state index in [4.69, 9.17) is 0 Å². The second-order valence-corrected chi connectivity index (χ2v) is 5.28. The Morgan fingerprint density at radius 1 is 1.09 bits per heavy atom. The molecule has 116 valence electrons. The van der Waals surface area contributed by atoms with Crippen molar-refractivity contribution in [2.45, 2.75) is 13.5 Å². The van der Waals surface area contributed by atoms with E-state index in [-0.39, 0.29) is 6.03 Å². The number of nitrogens with one attached hydrogen (secondary N) is 3. The Hall–Kier alpha value is -3.08. The number of rotatable bonds is 4. The van der Waals surface area contributed by atoms with Crippen molar-refractivity contribution in [2.75, 3.05) is 5.32 Å². The van der Waals surface area contributed by atoms with Crippen LogP contribution < -0.4 is 10.6 Å². The average molecular weight is 306 g/mol. The lowest BCUT2D eigenvalue weighted by Gasteiger charge is -2.08. The van der Waals surface area contributed by atoms with Crippen LogP contribution in [0.4, 0.5) is 10.5 Å². The summed E-state index contributed by atoms with van der Waals surface area (Å²) in [6.07, 6.45) is 1.80. The highest BCUT2D eigenvalue weighted by molar-refractivity contribution is 5.89. The Labute approximate surface area is 134 Å². The number of aryl methyl sites for hydroxylation is 1. The number of carbonyl (C=O) groups excluding carboxylic acids is 1. The van der Waals surface area contributed by atoms with Crippen molar-refractivity contribution >= 4 is 11.7 Å². The predicted octanol–water partition coefficient (Wildman–Crippen LogP) is 3.71. The zero-order chi connectivity index (χ0) is 16.1. The molecule has 0 saturated heterocycles. The van der Waals surface area contributed by atoms with Crippen molar-refractivity contribution in [1.82, 2.24) is 15.5 Å². The lowest BCUT2D eigenvalue weighted by Crippen LogP contribution is -2.28. The van der Waals surface area contributed by atoms with E-state index in [1.54, 1.807) is 6.20 Å². The van der Waals surface area contributed by atoms with Gasteiger partial charge in [0.1, 0.15) is 0 Å². The van der Waals surface area contributed by atoms with E-state index < -0.39 is 0 Å². The van der Waals surface area contributed by atoms with E-state index in [0.29, 0.717) is 6.54 Å². The largest absolute Gasteiger partial charge is 0.334 e.